The minimum atomic E-state index is -0.599. The van der Waals surface area contributed by atoms with Gasteiger partial charge < -0.3 is 10.5 Å². The molecular weight excluding hydrogens is 470 g/mol. The Kier molecular flexibility index (Phi) is 6.49. The Bertz CT molecular complexity index is 911. The van der Waals surface area contributed by atoms with Gasteiger partial charge in [0.15, 0.2) is 6.61 Å². The number of halogens is 2. The molecule has 132 valence electrons. The number of carbonyl (C=O) groups excluding carboxylic acids is 1. The molecule has 2 N–H and O–H groups in total. The van der Waals surface area contributed by atoms with Gasteiger partial charge in [0.2, 0.25) is 0 Å². The molecule has 9 heteroatoms. The van der Waals surface area contributed by atoms with Gasteiger partial charge in [-0.15, -0.1) is 0 Å². The molecule has 2 aromatic rings. The summed E-state index contributed by atoms with van der Waals surface area (Å²) >= 11 is 6.69. The number of rotatable bonds is 6. The second kappa shape index (κ2) is 8.60. The van der Waals surface area contributed by atoms with Crippen molar-refractivity contribution in [1.29, 1.82) is 5.26 Å². The van der Waals surface area contributed by atoms with E-state index in [1.54, 1.807) is 18.2 Å². The molecule has 0 aliphatic heterocycles. The molecule has 0 spiro atoms. The molecule has 0 aromatic heterocycles. The second-order valence-electron chi connectivity index (χ2n) is 5.04. The number of carbonyl (C=O) groups is 1. The van der Waals surface area contributed by atoms with E-state index in [9.17, 15) is 20.2 Å². The van der Waals surface area contributed by atoms with E-state index in [-0.39, 0.29) is 12.3 Å². The van der Waals surface area contributed by atoms with Gasteiger partial charge in [-0.3, -0.25) is 14.9 Å². The van der Waals surface area contributed by atoms with Gasteiger partial charge in [-0.05, 0) is 73.3 Å². The number of non-ortho nitro benzene ring substituents is 1. The Morgan fingerprint density at radius 2 is 1.85 bits per heavy atom. The molecule has 0 saturated carbocycles. The van der Waals surface area contributed by atoms with Crippen LogP contribution in [0.3, 0.4) is 0 Å². The van der Waals surface area contributed by atoms with Gasteiger partial charge in [-0.1, -0.05) is 0 Å². The summed E-state index contributed by atoms with van der Waals surface area (Å²) in [6.45, 7) is -0.265. The predicted molar refractivity (Wildman–Crippen MR) is 103 cm³/mol. The zero-order chi connectivity index (χ0) is 19.3. The highest BCUT2D eigenvalue weighted by molar-refractivity contribution is 9.11. The Morgan fingerprint density at radius 1 is 1.27 bits per heavy atom. The Morgan fingerprint density at radius 3 is 2.31 bits per heavy atom. The van der Waals surface area contributed by atoms with E-state index in [2.05, 4.69) is 37.9 Å². The molecule has 0 heterocycles. The number of nitriles is 1. The van der Waals surface area contributed by atoms with Gasteiger partial charge >= 0.3 is 0 Å². The zero-order valence-electron chi connectivity index (χ0n) is 13.1. The lowest BCUT2D eigenvalue weighted by atomic mass is 10.0. The summed E-state index contributed by atoms with van der Waals surface area (Å²) in [5.41, 5.74) is 6.59. The van der Waals surface area contributed by atoms with Crippen molar-refractivity contribution in [3.05, 3.63) is 66.6 Å². The number of nitrogens with two attached hydrogens (primary N) is 1. The van der Waals surface area contributed by atoms with Crippen molar-refractivity contribution in [3.8, 4) is 11.8 Å². The largest absolute Gasteiger partial charge is 0.481 e. The van der Waals surface area contributed by atoms with Crippen LogP contribution in [0.15, 0.2) is 45.3 Å². The number of hydrogen-bond donors (Lipinski definition) is 1. The smallest absolute Gasteiger partial charge is 0.269 e. The molecule has 0 saturated heterocycles. The lowest BCUT2D eigenvalue weighted by Crippen LogP contribution is -2.20. The molecule has 0 aliphatic carbocycles. The Balaban J connectivity index is 2.35. The van der Waals surface area contributed by atoms with Crippen LogP contribution >= 0.6 is 31.9 Å². The monoisotopic (exact) mass is 479 g/mol. The quantitative estimate of drug-likeness (QED) is 0.289. The highest BCUT2D eigenvalue weighted by Gasteiger charge is 2.11. The van der Waals surface area contributed by atoms with E-state index in [0.29, 0.717) is 31.4 Å². The number of hydrogen-bond acceptors (Lipinski definition) is 5. The summed E-state index contributed by atoms with van der Waals surface area (Å²) in [5, 5.41) is 20.1. The molecule has 2 aromatic carbocycles. The van der Waals surface area contributed by atoms with E-state index < -0.39 is 10.8 Å². The number of nitro groups is 1. The number of nitrogens with zero attached hydrogens (tertiary/aromatic N) is 2. The third-order valence-corrected chi connectivity index (χ3v) is 4.38. The molecule has 0 unspecified atom stereocenters. The average molecular weight is 481 g/mol. The van der Waals surface area contributed by atoms with Crippen molar-refractivity contribution in [2.45, 2.75) is 0 Å². The molecule has 0 bridgehead atoms. The van der Waals surface area contributed by atoms with Gasteiger partial charge in [0.05, 0.1) is 25.5 Å². The first-order valence-electron chi connectivity index (χ1n) is 7.08. The summed E-state index contributed by atoms with van der Waals surface area (Å²) in [6.07, 6.45) is 1.63. The van der Waals surface area contributed by atoms with Crippen LogP contribution < -0.4 is 10.5 Å². The molecule has 0 radical (unpaired) electrons. The maximum atomic E-state index is 10.8. The van der Waals surface area contributed by atoms with E-state index in [0.717, 1.165) is 0 Å². The maximum absolute atomic E-state index is 10.8. The minimum absolute atomic E-state index is 0.0486. The van der Waals surface area contributed by atoms with Crippen LogP contribution in [0.5, 0.6) is 5.75 Å². The van der Waals surface area contributed by atoms with Gasteiger partial charge in [0, 0.05) is 12.1 Å². The summed E-state index contributed by atoms with van der Waals surface area (Å²) in [6, 6.07) is 11.2. The van der Waals surface area contributed by atoms with Crippen LogP contribution in [0.2, 0.25) is 0 Å². The van der Waals surface area contributed by atoms with Crippen molar-refractivity contribution >= 4 is 55.1 Å². The number of nitro benzene ring substituents is 1. The van der Waals surface area contributed by atoms with Crippen molar-refractivity contribution < 1.29 is 14.5 Å². The lowest BCUT2D eigenvalue weighted by molar-refractivity contribution is -0.384. The molecule has 2 rings (SSSR count). The van der Waals surface area contributed by atoms with Crippen molar-refractivity contribution in [3.63, 3.8) is 0 Å². The molecule has 7 nitrogen and oxygen atoms in total. The van der Waals surface area contributed by atoms with Gasteiger partial charge in [-0.2, -0.15) is 5.26 Å². The fraction of sp³-hybridized carbons (Fsp3) is 0.0588. The summed E-state index contributed by atoms with van der Waals surface area (Å²) in [7, 11) is 0. The number of allylic oxidation sites excluding steroid dienone is 1. The van der Waals surface area contributed by atoms with Gasteiger partial charge in [0.25, 0.3) is 11.6 Å². The molecular formula is C17H11Br2N3O4. The number of primary amides is 1. The minimum Gasteiger partial charge on any atom is -0.481 e. The predicted octanol–water partition coefficient (Wildman–Crippen LogP) is 4.05. The lowest BCUT2D eigenvalue weighted by Gasteiger charge is -2.10. The number of ether oxygens (including phenoxy) is 1. The molecule has 0 fully saturated rings. The van der Waals surface area contributed by atoms with E-state index in [4.69, 9.17) is 10.5 Å². The highest BCUT2D eigenvalue weighted by Crippen LogP contribution is 2.36. The summed E-state index contributed by atoms with van der Waals surface area (Å²) in [5.74, 6) is -0.187. The molecule has 0 atom stereocenters. The van der Waals surface area contributed by atoms with Gasteiger partial charge in [-0.25, -0.2) is 0 Å². The van der Waals surface area contributed by atoms with Crippen molar-refractivity contribution in [1.82, 2.24) is 0 Å². The first kappa shape index (κ1) is 19.6. The molecule has 26 heavy (non-hydrogen) atoms. The first-order valence-corrected chi connectivity index (χ1v) is 8.67. The SMILES string of the molecule is N#C/C(=C\c1cc(Br)c(OCC(N)=O)c(Br)c1)c1ccc([N+](=O)[O-])cc1. The van der Waals surface area contributed by atoms with E-state index in [1.807, 2.05) is 0 Å². The van der Waals surface area contributed by atoms with Crippen LogP contribution in [0, 0.1) is 21.4 Å². The number of benzene rings is 2. The van der Waals surface area contributed by atoms with E-state index in [1.165, 1.54) is 24.3 Å². The van der Waals surface area contributed by atoms with Crippen LogP contribution in [0.25, 0.3) is 11.6 Å². The summed E-state index contributed by atoms with van der Waals surface area (Å²) < 4.78 is 6.46. The average Bonchev–Trinajstić information content (AvgIpc) is 2.58. The standard InChI is InChI=1S/C17H11Br2N3O4/c18-14-6-10(7-15(19)17(14)26-9-16(21)23)5-12(8-20)11-1-3-13(4-2-11)22(24)25/h1-7H,9H2,(H2,21,23)/b12-5+. The van der Waals surface area contributed by atoms with Crippen molar-refractivity contribution in [2.75, 3.05) is 6.61 Å². The van der Waals surface area contributed by atoms with Crippen LogP contribution in [0.1, 0.15) is 11.1 Å². The van der Waals surface area contributed by atoms with Crippen molar-refractivity contribution in [2.24, 2.45) is 5.73 Å². The molecule has 0 aliphatic rings. The maximum Gasteiger partial charge on any atom is 0.269 e. The van der Waals surface area contributed by atoms with Gasteiger partial charge in [0.1, 0.15) is 5.75 Å². The summed E-state index contributed by atoms with van der Waals surface area (Å²) in [4.78, 5) is 21.1. The first-order chi connectivity index (χ1) is 12.3. The van der Waals surface area contributed by atoms with Crippen LogP contribution in [0.4, 0.5) is 5.69 Å². The third kappa shape index (κ3) is 4.91. The Labute approximate surface area is 165 Å². The fourth-order valence-electron chi connectivity index (χ4n) is 2.05. The third-order valence-electron chi connectivity index (χ3n) is 3.20. The normalized spacial score (nSPS) is 10.9. The topological polar surface area (TPSA) is 119 Å². The Hall–Kier alpha value is -2.70. The highest BCUT2D eigenvalue weighted by atomic mass is 79.9. The number of amides is 1. The fourth-order valence-corrected chi connectivity index (χ4v) is 3.50. The second-order valence-corrected chi connectivity index (χ2v) is 6.75. The molecule has 1 amide bonds. The van der Waals surface area contributed by atoms with Crippen LogP contribution in [-0.4, -0.2) is 17.4 Å². The zero-order valence-corrected chi connectivity index (χ0v) is 16.3. The van der Waals surface area contributed by atoms with E-state index >= 15 is 0 Å². The van der Waals surface area contributed by atoms with Crippen LogP contribution in [-0.2, 0) is 4.79 Å².